The molecular formula is C25H20N4O2S. The van der Waals surface area contributed by atoms with Crippen molar-refractivity contribution in [2.75, 3.05) is 5.32 Å². The summed E-state index contributed by atoms with van der Waals surface area (Å²) < 4.78 is 5.41. The lowest BCUT2D eigenvalue weighted by Crippen LogP contribution is -2.14. The van der Waals surface area contributed by atoms with Gasteiger partial charge in [0.05, 0.1) is 12.1 Å². The van der Waals surface area contributed by atoms with Gasteiger partial charge in [0.2, 0.25) is 5.91 Å². The van der Waals surface area contributed by atoms with Crippen LogP contribution in [-0.2, 0) is 11.2 Å². The largest absolute Gasteiger partial charge is 0.356 e. The molecule has 0 aliphatic rings. The molecule has 1 N–H and O–H groups in total. The van der Waals surface area contributed by atoms with Crippen LogP contribution in [0.15, 0.2) is 70.8 Å². The van der Waals surface area contributed by atoms with Crippen molar-refractivity contribution in [3.63, 3.8) is 0 Å². The Bertz CT molecular complexity index is 1420. The second kappa shape index (κ2) is 8.36. The molecule has 0 unspecified atom stereocenters. The zero-order chi connectivity index (χ0) is 22.1. The molecule has 5 rings (SSSR count). The van der Waals surface area contributed by atoms with Crippen LogP contribution in [-0.4, -0.2) is 21.0 Å². The van der Waals surface area contributed by atoms with Gasteiger partial charge in [0.1, 0.15) is 10.7 Å². The molecule has 0 aliphatic carbocycles. The van der Waals surface area contributed by atoms with Crippen LogP contribution < -0.4 is 5.32 Å². The molecule has 0 bridgehead atoms. The van der Waals surface area contributed by atoms with Gasteiger partial charge in [-0.05, 0) is 61.4 Å². The summed E-state index contributed by atoms with van der Waals surface area (Å²) in [5, 5.41) is 10.9. The van der Waals surface area contributed by atoms with E-state index in [1.54, 1.807) is 23.7 Å². The maximum absolute atomic E-state index is 12.7. The Kier molecular flexibility index (Phi) is 5.25. The number of carbonyl (C=O) groups excluding carboxylic acids is 1. The van der Waals surface area contributed by atoms with Gasteiger partial charge in [-0.1, -0.05) is 17.3 Å². The fourth-order valence-corrected chi connectivity index (χ4v) is 4.33. The molecule has 0 radical (unpaired) electrons. The Morgan fingerprint density at radius 3 is 2.75 bits per heavy atom. The van der Waals surface area contributed by atoms with Gasteiger partial charge in [-0.25, -0.2) is 4.98 Å². The minimum absolute atomic E-state index is 0.140. The van der Waals surface area contributed by atoms with Crippen molar-refractivity contribution in [2.45, 2.75) is 20.3 Å². The van der Waals surface area contributed by atoms with Crippen molar-refractivity contribution < 1.29 is 9.32 Å². The number of nitrogens with zero attached hydrogens (tertiary/aromatic N) is 3. The SMILES string of the molecule is Cc1cc2onc(CC(=O)Nc3cccc(-c4csc(-c5cccnc5)n4)c3)c2cc1C. The van der Waals surface area contributed by atoms with Crippen LogP contribution in [0.2, 0.25) is 0 Å². The number of hydrogen-bond donors (Lipinski definition) is 1. The van der Waals surface area contributed by atoms with Gasteiger partial charge in [0, 0.05) is 40.0 Å². The van der Waals surface area contributed by atoms with Gasteiger partial charge in [-0.15, -0.1) is 11.3 Å². The van der Waals surface area contributed by atoms with Gasteiger partial charge < -0.3 is 9.84 Å². The summed E-state index contributed by atoms with van der Waals surface area (Å²) in [6, 6.07) is 15.5. The molecule has 3 heterocycles. The molecule has 0 spiro atoms. The monoisotopic (exact) mass is 440 g/mol. The maximum atomic E-state index is 12.7. The lowest BCUT2D eigenvalue weighted by Gasteiger charge is -2.06. The van der Waals surface area contributed by atoms with Crippen LogP contribution in [0.5, 0.6) is 0 Å². The number of aromatic nitrogens is 3. The van der Waals surface area contributed by atoms with E-state index in [1.807, 2.05) is 67.8 Å². The van der Waals surface area contributed by atoms with Gasteiger partial charge in [-0.2, -0.15) is 0 Å². The highest BCUT2D eigenvalue weighted by atomic mass is 32.1. The van der Waals surface area contributed by atoms with Gasteiger partial charge in [-0.3, -0.25) is 9.78 Å². The standard InChI is InChI=1S/C25H20N4O2S/c1-15-9-20-21(29-31-23(20)10-16(15)2)12-24(30)27-19-7-3-5-17(11-19)22-14-32-25(28-22)18-6-4-8-26-13-18/h3-11,13-14H,12H2,1-2H3,(H,27,30). The quantitative estimate of drug-likeness (QED) is 0.373. The number of carbonyl (C=O) groups is 1. The van der Waals surface area contributed by atoms with Crippen LogP contribution in [0.3, 0.4) is 0 Å². The second-order valence-corrected chi connectivity index (χ2v) is 8.51. The first-order chi connectivity index (χ1) is 15.6. The van der Waals surface area contributed by atoms with Crippen molar-refractivity contribution in [1.82, 2.24) is 15.1 Å². The topological polar surface area (TPSA) is 80.9 Å². The third kappa shape index (κ3) is 4.02. The van der Waals surface area contributed by atoms with Crippen molar-refractivity contribution >= 4 is 33.9 Å². The number of fused-ring (bicyclic) bond motifs is 1. The zero-order valence-electron chi connectivity index (χ0n) is 17.6. The van der Waals surface area contributed by atoms with E-state index in [0.29, 0.717) is 17.0 Å². The van der Waals surface area contributed by atoms with E-state index < -0.39 is 0 Å². The summed E-state index contributed by atoms with van der Waals surface area (Å²) >= 11 is 1.57. The van der Waals surface area contributed by atoms with E-state index in [2.05, 4.69) is 15.5 Å². The van der Waals surface area contributed by atoms with Crippen molar-refractivity contribution in [3.8, 4) is 21.8 Å². The van der Waals surface area contributed by atoms with Gasteiger partial charge in [0.15, 0.2) is 5.58 Å². The van der Waals surface area contributed by atoms with Crippen LogP contribution >= 0.6 is 11.3 Å². The van der Waals surface area contributed by atoms with E-state index >= 15 is 0 Å². The molecule has 5 aromatic rings. The number of pyridine rings is 1. The van der Waals surface area contributed by atoms with E-state index in [0.717, 1.165) is 38.3 Å². The average molecular weight is 441 g/mol. The zero-order valence-corrected chi connectivity index (χ0v) is 18.4. The minimum atomic E-state index is -0.148. The molecule has 1 amide bonds. The first kappa shape index (κ1) is 20.1. The highest BCUT2D eigenvalue weighted by molar-refractivity contribution is 7.13. The average Bonchev–Trinajstić information content (AvgIpc) is 3.43. The molecule has 6 nitrogen and oxygen atoms in total. The number of anilines is 1. The third-order valence-electron chi connectivity index (χ3n) is 5.34. The van der Waals surface area contributed by atoms with Crippen LogP contribution in [0, 0.1) is 13.8 Å². The van der Waals surface area contributed by atoms with Gasteiger partial charge >= 0.3 is 0 Å². The van der Waals surface area contributed by atoms with Crippen molar-refractivity contribution in [1.29, 1.82) is 0 Å². The predicted octanol–water partition coefficient (Wildman–Crippen LogP) is 5.81. The third-order valence-corrected chi connectivity index (χ3v) is 6.24. The molecule has 7 heteroatoms. The van der Waals surface area contributed by atoms with Crippen molar-refractivity contribution in [3.05, 3.63) is 83.1 Å². The lowest BCUT2D eigenvalue weighted by molar-refractivity contribution is -0.115. The normalized spacial score (nSPS) is 11.1. The number of amides is 1. The number of thiazole rings is 1. The number of aryl methyl sites for hydroxylation is 2. The number of rotatable bonds is 5. The Morgan fingerprint density at radius 2 is 1.91 bits per heavy atom. The smallest absolute Gasteiger partial charge is 0.230 e. The molecule has 158 valence electrons. The summed E-state index contributed by atoms with van der Waals surface area (Å²) in [6.45, 7) is 4.06. The highest BCUT2D eigenvalue weighted by Gasteiger charge is 2.14. The predicted molar refractivity (Wildman–Crippen MR) is 127 cm³/mol. The fourth-order valence-electron chi connectivity index (χ4n) is 3.51. The molecule has 32 heavy (non-hydrogen) atoms. The Labute approximate surface area is 189 Å². The molecule has 0 saturated carbocycles. The lowest BCUT2D eigenvalue weighted by atomic mass is 10.1. The Morgan fingerprint density at radius 1 is 1.06 bits per heavy atom. The molecule has 2 aromatic carbocycles. The Hall–Kier alpha value is -3.84. The summed E-state index contributed by atoms with van der Waals surface area (Å²) in [5.41, 5.74) is 7.11. The molecule has 0 atom stereocenters. The van der Waals surface area contributed by atoms with E-state index in [-0.39, 0.29) is 12.3 Å². The summed E-state index contributed by atoms with van der Waals surface area (Å²) in [6.07, 6.45) is 3.69. The van der Waals surface area contributed by atoms with E-state index in [9.17, 15) is 4.79 Å². The molecular weight excluding hydrogens is 420 g/mol. The summed E-state index contributed by atoms with van der Waals surface area (Å²) in [4.78, 5) is 21.6. The molecule has 3 aromatic heterocycles. The van der Waals surface area contributed by atoms with Gasteiger partial charge in [0.25, 0.3) is 0 Å². The molecule has 0 saturated heterocycles. The Balaban J connectivity index is 1.33. The number of benzene rings is 2. The minimum Gasteiger partial charge on any atom is -0.356 e. The fraction of sp³-hybridized carbons (Fsp3) is 0.120. The molecule has 0 aliphatic heterocycles. The van der Waals surface area contributed by atoms with E-state index in [1.165, 1.54) is 0 Å². The van der Waals surface area contributed by atoms with Crippen LogP contribution in [0.25, 0.3) is 32.8 Å². The van der Waals surface area contributed by atoms with E-state index in [4.69, 9.17) is 9.51 Å². The first-order valence-electron chi connectivity index (χ1n) is 10.2. The first-order valence-corrected chi connectivity index (χ1v) is 11.1. The number of hydrogen-bond acceptors (Lipinski definition) is 6. The summed E-state index contributed by atoms with van der Waals surface area (Å²) in [5.74, 6) is -0.148. The maximum Gasteiger partial charge on any atom is 0.230 e. The van der Waals surface area contributed by atoms with Crippen molar-refractivity contribution in [2.24, 2.45) is 0 Å². The number of nitrogens with one attached hydrogen (secondary N) is 1. The van der Waals surface area contributed by atoms with Crippen LogP contribution in [0.1, 0.15) is 16.8 Å². The summed E-state index contributed by atoms with van der Waals surface area (Å²) in [7, 11) is 0. The second-order valence-electron chi connectivity index (χ2n) is 7.65. The highest BCUT2D eigenvalue weighted by Crippen LogP contribution is 2.30. The van der Waals surface area contributed by atoms with Crippen LogP contribution in [0.4, 0.5) is 5.69 Å². The molecule has 0 fully saturated rings.